The van der Waals surface area contributed by atoms with Crippen LogP contribution in [0.15, 0.2) is 29.8 Å². The number of ether oxygens (including phenoxy) is 2. The Bertz CT molecular complexity index is 456. The van der Waals surface area contributed by atoms with Gasteiger partial charge in [0.2, 0.25) is 0 Å². The van der Waals surface area contributed by atoms with Crippen molar-refractivity contribution in [3.63, 3.8) is 0 Å². The molecule has 1 aromatic rings. The van der Waals surface area contributed by atoms with E-state index < -0.39 is 0 Å². The van der Waals surface area contributed by atoms with E-state index in [0.29, 0.717) is 27.8 Å². The van der Waals surface area contributed by atoms with Gasteiger partial charge in [0.1, 0.15) is 17.4 Å². The molecule has 0 unspecified atom stereocenters. The van der Waals surface area contributed by atoms with Crippen LogP contribution in [0.4, 0.5) is 0 Å². The van der Waals surface area contributed by atoms with Gasteiger partial charge in [-0.2, -0.15) is 0 Å². The SMILES string of the molecule is CCC(=CCOc1cccc(Cl)c1Cl)C(=O)OC. The van der Waals surface area contributed by atoms with Gasteiger partial charge in [0, 0.05) is 5.57 Å². The van der Waals surface area contributed by atoms with Gasteiger partial charge in [-0.15, -0.1) is 0 Å². The molecule has 0 radical (unpaired) electrons. The topological polar surface area (TPSA) is 35.5 Å². The number of halogens is 2. The third kappa shape index (κ3) is 3.93. The van der Waals surface area contributed by atoms with Crippen molar-refractivity contribution >= 4 is 29.2 Å². The van der Waals surface area contributed by atoms with Gasteiger partial charge in [0.05, 0.1) is 12.1 Å². The van der Waals surface area contributed by atoms with Gasteiger partial charge in [-0.05, 0) is 24.6 Å². The van der Waals surface area contributed by atoms with Crippen molar-refractivity contribution in [2.75, 3.05) is 13.7 Å². The maximum absolute atomic E-state index is 11.3. The number of rotatable bonds is 5. The highest BCUT2D eigenvalue weighted by molar-refractivity contribution is 6.42. The van der Waals surface area contributed by atoms with E-state index in [2.05, 4.69) is 4.74 Å². The number of esters is 1. The summed E-state index contributed by atoms with van der Waals surface area (Å²) < 4.78 is 10.1. The van der Waals surface area contributed by atoms with E-state index in [0.717, 1.165) is 0 Å². The second-order valence-electron chi connectivity index (χ2n) is 3.44. The first-order valence-electron chi connectivity index (χ1n) is 5.44. The maximum atomic E-state index is 11.3. The summed E-state index contributed by atoms with van der Waals surface area (Å²) >= 11 is 11.8. The largest absolute Gasteiger partial charge is 0.488 e. The van der Waals surface area contributed by atoms with E-state index in [9.17, 15) is 4.79 Å². The van der Waals surface area contributed by atoms with Crippen LogP contribution in [0, 0.1) is 0 Å². The zero-order valence-corrected chi connectivity index (χ0v) is 11.7. The van der Waals surface area contributed by atoms with E-state index in [4.69, 9.17) is 27.9 Å². The summed E-state index contributed by atoms with van der Waals surface area (Å²) in [5.74, 6) is 0.138. The fraction of sp³-hybridized carbons (Fsp3) is 0.308. The van der Waals surface area contributed by atoms with Crippen molar-refractivity contribution in [3.8, 4) is 5.75 Å². The first kappa shape index (κ1) is 14.9. The minimum atomic E-state index is -0.349. The third-order valence-corrected chi connectivity index (χ3v) is 3.11. The molecule has 0 fully saturated rings. The van der Waals surface area contributed by atoms with E-state index in [1.54, 1.807) is 24.3 Å². The Kier molecular flexibility index (Phi) is 6.02. The molecule has 0 bridgehead atoms. The molecule has 0 N–H and O–H groups in total. The Morgan fingerprint density at radius 1 is 1.39 bits per heavy atom. The van der Waals surface area contributed by atoms with Crippen molar-refractivity contribution < 1.29 is 14.3 Å². The average Bonchev–Trinajstić information content (AvgIpc) is 2.38. The van der Waals surface area contributed by atoms with Crippen LogP contribution in [0.1, 0.15) is 13.3 Å². The van der Waals surface area contributed by atoms with Crippen LogP contribution in [0.5, 0.6) is 5.75 Å². The summed E-state index contributed by atoms with van der Waals surface area (Å²) in [5.41, 5.74) is 0.565. The molecule has 0 aliphatic carbocycles. The molecule has 1 rings (SSSR count). The predicted octanol–water partition coefficient (Wildman–Crippen LogP) is 3.88. The minimum absolute atomic E-state index is 0.234. The summed E-state index contributed by atoms with van der Waals surface area (Å²) in [5, 5.41) is 0.797. The highest BCUT2D eigenvalue weighted by atomic mass is 35.5. The highest BCUT2D eigenvalue weighted by Crippen LogP contribution is 2.31. The molecule has 5 heteroatoms. The summed E-state index contributed by atoms with van der Waals surface area (Å²) in [6, 6.07) is 5.14. The zero-order chi connectivity index (χ0) is 13.5. The molecule has 1 aromatic carbocycles. The van der Waals surface area contributed by atoms with Crippen molar-refractivity contribution in [1.82, 2.24) is 0 Å². The van der Waals surface area contributed by atoms with Crippen LogP contribution >= 0.6 is 23.2 Å². The monoisotopic (exact) mass is 288 g/mol. The normalized spacial score (nSPS) is 11.2. The number of hydrogen-bond acceptors (Lipinski definition) is 3. The molecule has 0 aromatic heterocycles. The number of hydrogen-bond donors (Lipinski definition) is 0. The molecular formula is C13H14Cl2O3. The van der Waals surface area contributed by atoms with Crippen LogP contribution in [-0.4, -0.2) is 19.7 Å². The quantitative estimate of drug-likeness (QED) is 0.609. The van der Waals surface area contributed by atoms with E-state index in [1.165, 1.54) is 7.11 Å². The summed E-state index contributed by atoms with van der Waals surface area (Å²) in [6.45, 7) is 2.10. The first-order valence-corrected chi connectivity index (χ1v) is 6.19. The lowest BCUT2D eigenvalue weighted by Gasteiger charge is -2.07. The maximum Gasteiger partial charge on any atom is 0.333 e. The summed E-state index contributed by atoms with van der Waals surface area (Å²) in [4.78, 5) is 11.3. The third-order valence-electron chi connectivity index (χ3n) is 2.31. The van der Waals surface area contributed by atoms with Gasteiger partial charge in [0.15, 0.2) is 0 Å². The molecule has 3 nitrogen and oxygen atoms in total. The molecule has 18 heavy (non-hydrogen) atoms. The van der Waals surface area contributed by atoms with Crippen LogP contribution in [-0.2, 0) is 9.53 Å². The molecular weight excluding hydrogens is 275 g/mol. The van der Waals surface area contributed by atoms with Crippen LogP contribution in [0.3, 0.4) is 0 Å². The van der Waals surface area contributed by atoms with Gasteiger partial charge >= 0.3 is 5.97 Å². The fourth-order valence-corrected chi connectivity index (χ4v) is 1.68. The Morgan fingerprint density at radius 3 is 2.72 bits per heavy atom. The van der Waals surface area contributed by atoms with Gasteiger partial charge < -0.3 is 9.47 Å². The lowest BCUT2D eigenvalue weighted by Crippen LogP contribution is -2.06. The lowest BCUT2D eigenvalue weighted by molar-refractivity contribution is -0.136. The molecule has 0 amide bonds. The molecule has 0 heterocycles. The Hall–Kier alpha value is -1.19. The molecule has 98 valence electrons. The average molecular weight is 289 g/mol. The summed E-state index contributed by atoms with van der Waals surface area (Å²) in [6.07, 6.45) is 2.25. The van der Waals surface area contributed by atoms with Crippen LogP contribution in [0.2, 0.25) is 10.0 Å². The standard InChI is InChI=1S/C13H14Cl2O3/c1-3-9(13(16)17-2)7-8-18-11-6-4-5-10(14)12(11)15/h4-7H,3,8H2,1-2H3. The molecule has 0 aliphatic rings. The van der Waals surface area contributed by atoms with Crippen LogP contribution < -0.4 is 4.74 Å². The minimum Gasteiger partial charge on any atom is -0.488 e. The van der Waals surface area contributed by atoms with Crippen molar-refractivity contribution in [2.24, 2.45) is 0 Å². The highest BCUT2D eigenvalue weighted by Gasteiger charge is 2.07. The van der Waals surface area contributed by atoms with Gasteiger partial charge in [-0.25, -0.2) is 4.79 Å². The van der Waals surface area contributed by atoms with Crippen molar-refractivity contribution in [2.45, 2.75) is 13.3 Å². The van der Waals surface area contributed by atoms with Crippen LogP contribution in [0.25, 0.3) is 0 Å². The predicted molar refractivity (Wildman–Crippen MR) is 72.3 cm³/mol. The van der Waals surface area contributed by atoms with Gasteiger partial charge in [-0.3, -0.25) is 0 Å². The Morgan fingerprint density at radius 2 is 2.11 bits per heavy atom. The van der Waals surface area contributed by atoms with Crippen molar-refractivity contribution in [3.05, 3.63) is 39.9 Å². The fourth-order valence-electron chi connectivity index (χ4n) is 1.33. The second kappa shape index (κ2) is 7.29. The zero-order valence-electron chi connectivity index (χ0n) is 10.2. The Balaban J connectivity index is 2.68. The van der Waals surface area contributed by atoms with E-state index in [1.807, 2.05) is 6.92 Å². The van der Waals surface area contributed by atoms with E-state index >= 15 is 0 Å². The number of benzene rings is 1. The van der Waals surface area contributed by atoms with E-state index in [-0.39, 0.29) is 12.6 Å². The molecule has 0 atom stereocenters. The van der Waals surface area contributed by atoms with Gasteiger partial charge in [0.25, 0.3) is 0 Å². The smallest absolute Gasteiger partial charge is 0.333 e. The number of carbonyl (C=O) groups excluding carboxylic acids is 1. The molecule has 0 spiro atoms. The van der Waals surface area contributed by atoms with Gasteiger partial charge in [-0.1, -0.05) is 36.2 Å². The second-order valence-corrected chi connectivity index (χ2v) is 4.22. The molecule has 0 saturated heterocycles. The lowest BCUT2D eigenvalue weighted by atomic mass is 10.2. The summed E-state index contributed by atoms with van der Waals surface area (Å²) in [7, 11) is 1.35. The first-order chi connectivity index (χ1) is 8.60. The molecule has 0 saturated carbocycles. The number of carbonyl (C=O) groups is 1. The number of methoxy groups -OCH3 is 1. The molecule has 0 aliphatic heterocycles. The van der Waals surface area contributed by atoms with Crippen molar-refractivity contribution in [1.29, 1.82) is 0 Å². The Labute approximate surface area is 116 Å².